The molecule has 140 valence electrons. The summed E-state index contributed by atoms with van der Waals surface area (Å²) in [6.45, 7) is 2.30. The van der Waals surface area contributed by atoms with E-state index >= 15 is 0 Å². The van der Waals surface area contributed by atoms with Crippen LogP contribution in [0.4, 0.5) is 0 Å². The molecule has 0 aliphatic carbocycles. The molecule has 0 saturated carbocycles. The summed E-state index contributed by atoms with van der Waals surface area (Å²) in [6, 6.07) is 7.90. The molecular weight excluding hydrogens is 340 g/mol. The summed E-state index contributed by atoms with van der Waals surface area (Å²) < 4.78 is 34.3. The van der Waals surface area contributed by atoms with Crippen molar-refractivity contribution in [1.29, 1.82) is 0 Å². The van der Waals surface area contributed by atoms with E-state index in [0.717, 1.165) is 36.8 Å². The Morgan fingerprint density at radius 2 is 1.80 bits per heavy atom. The first kappa shape index (κ1) is 18.8. The van der Waals surface area contributed by atoms with Crippen LogP contribution < -0.4 is 0 Å². The predicted octanol–water partition coefficient (Wildman–Crippen LogP) is 1.40. The van der Waals surface area contributed by atoms with Gasteiger partial charge in [0.2, 0.25) is 0 Å². The first-order chi connectivity index (χ1) is 12.0. The minimum absolute atomic E-state index is 0.0381. The number of piperidine rings is 1. The van der Waals surface area contributed by atoms with E-state index < -0.39 is 10.2 Å². The van der Waals surface area contributed by atoms with E-state index in [9.17, 15) is 13.5 Å². The van der Waals surface area contributed by atoms with Crippen molar-refractivity contribution in [3.8, 4) is 0 Å². The highest BCUT2D eigenvalue weighted by Crippen LogP contribution is 2.27. The van der Waals surface area contributed by atoms with Gasteiger partial charge in [0.25, 0.3) is 10.2 Å². The molecule has 1 N–H and O–H groups in total. The number of rotatable bonds is 6. The molecule has 0 bridgehead atoms. The molecule has 0 spiro atoms. The fourth-order valence-corrected chi connectivity index (χ4v) is 5.56. The van der Waals surface area contributed by atoms with Gasteiger partial charge in [0, 0.05) is 33.3 Å². The lowest BCUT2D eigenvalue weighted by molar-refractivity contribution is 0.0592. The number of hydrogen-bond donors (Lipinski definition) is 1. The van der Waals surface area contributed by atoms with Crippen molar-refractivity contribution in [2.45, 2.75) is 38.4 Å². The largest absolute Gasteiger partial charge is 0.392 e. The maximum atomic E-state index is 12.9. The zero-order valence-electron chi connectivity index (χ0n) is 14.8. The molecule has 1 aromatic rings. The summed E-state index contributed by atoms with van der Waals surface area (Å²) in [5.41, 5.74) is 2.07. The molecule has 2 fully saturated rings. The Morgan fingerprint density at radius 3 is 2.48 bits per heavy atom. The predicted molar refractivity (Wildman–Crippen MR) is 96.3 cm³/mol. The molecule has 3 rings (SSSR count). The molecule has 1 unspecified atom stereocenters. The molecular formula is C18H28N2O4S. The number of ether oxygens (including phenoxy) is 1. The molecule has 7 heteroatoms. The Morgan fingerprint density at radius 1 is 1.12 bits per heavy atom. The Labute approximate surface area is 150 Å². The Kier molecular flexibility index (Phi) is 6.12. The van der Waals surface area contributed by atoms with Crippen LogP contribution in [0, 0.1) is 5.92 Å². The van der Waals surface area contributed by atoms with Crippen LogP contribution in [-0.4, -0.2) is 61.5 Å². The van der Waals surface area contributed by atoms with Crippen LogP contribution in [0.3, 0.4) is 0 Å². The molecule has 0 aromatic heterocycles. The van der Waals surface area contributed by atoms with Crippen molar-refractivity contribution in [2.75, 3.05) is 33.3 Å². The van der Waals surface area contributed by atoms with E-state index in [-0.39, 0.29) is 12.7 Å². The van der Waals surface area contributed by atoms with Gasteiger partial charge in [-0.2, -0.15) is 17.0 Å². The molecule has 1 atom stereocenters. The summed E-state index contributed by atoms with van der Waals surface area (Å²) in [5, 5.41) is 9.25. The lowest BCUT2D eigenvalue weighted by Gasteiger charge is -2.33. The van der Waals surface area contributed by atoms with Gasteiger partial charge >= 0.3 is 0 Å². The molecule has 6 nitrogen and oxygen atoms in total. The lowest BCUT2D eigenvalue weighted by Crippen LogP contribution is -2.47. The van der Waals surface area contributed by atoms with E-state index in [4.69, 9.17) is 4.74 Å². The standard InChI is InChI=1S/C18H28N2O4S/c1-24-18-6-9-19(10-7-18)25(22,23)20-8-5-16(13-20)11-15-3-2-4-17(12-15)14-21/h2-4,12,16,18,21H,5-11,13-14H2,1H3. The zero-order valence-corrected chi connectivity index (χ0v) is 15.6. The fraction of sp³-hybridized carbons (Fsp3) is 0.667. The van der Waals surface area contributed by atoms with Crippen LogP contribution in [0.1, 0.15) is 30.4 Å². The van der Waals surface area contributed by atoms with Crippen LogP contribution >= 0.6 is 0 Å². The molecule has 25 heavy (non-hydrogen) atoms. The van der Waals surface area contributed by atoms with Crippen LogP contribution in [-0.2, 0) is 28.0 Å². The Balaban J connectivity index is 1.58. The quantitative estimate of drug-likeness (QED) is 0.824. The van der Waals surface area contributed by atoms with Gasteiger partial charge in [-0.25, -0.2) is 0 Å². The van der Waals surface area contributed by atoms with E-state index in [2.05, 4.69) is 0 Å². The second-order valence-electron chi connectivity index (χ2n) is 7.04. The number of benzene rings is 1. The summed E-state index contributed by atoms with van der Waals surface area (Å²) in [4.78, 5) is 0. The SMILES string of the molecule is COC1CCN(S(=O)(=O)N2CCC(Cc3cccc(CO)c3)C2)CC1. The average molecular weight is 368 g/mol. The van der Waals surface area contributed by atoms with Crippen LogP contribution in [0.5, 0.6) is 0 Å². The van der Waals surface area contributed by atoms with Crippen molar-refractivity contribution in [1.82, 2.24) is 8.61 Å². The highest BCUT2D eigenvalue weighted by Gasteiger charge is 2.37. The Hall–Kier alpha value is -0.990. The molecule has 2 aliphatic heterocycles. The van der Waals surface area contributed by atoms with Crippen molar-refractivity contribution >= 4 is 10.2 Å². The zero-order chi connectivity index (χ0) is 17.9. The number of aliphatic hydroxyl groups is 1. The third-order valence-corrected chi connectivity index (χ3v) is 7.34. The van der Waals surface area contributed by atoms with Gasteiger partial charge in [-0.3, -0.25) is 0 Å². The van der Waals surface area contributed by atoms with E-state index in [1.54, 1.807) is 15.7 Å². The third kappa shape index (κ3) is 4.41. The first-order valence-corrected chi connectivity index (χ1v) is 10.4. The van der Waals surface area contributed by atoms with Gasteiger partial charge in [0.15, 0.2) is 0 Å². The minimum Gasteiger partial charge on any atom is -0.392 e. The second kappa shape index (κ2) is 8.14. The van der Waals surface area contributed by atoms with Gasteiger partial charge in [0.1, 0.15) is 0 Å². The number of aliphatic hydroxyl groups excluding tert-OH is 1. The number of nitrogens with zero attached hydrogens (tertiary/aromatic N) is 2. The third-order valence-electron chi connectivity index (χ3n) is 5.33. The molecule has 2 heterocycles. The van der Waals surface area contributed by atoms with Gasteiger partial charge in [0.05, 0.1) is 12.7 Å². The van der Waals surface area contributed by atoms with Crippen LogP contribution in [0.15, 0.2) is 24.3 Å². The average Bonchev–Trinajstić information content (AvgIpc) is 3.11. The summed E-state index contributed by atoms with van der Waals surface area (Å²) in [5.74, 6) is 0.334. The van der Waals surface area contributed by atoms with Gasteiger partial charge in [-0.05, 0) is 42.7 Å². The van der Waals surface area contributed by atoms with Crippen molar-refractivity contribution in [2.24, 2.45) is 5.92 Å². The summed E-state index contributed by atoms with van der Waals surface area (Å²) in [6.07, 6.45) is 3.45. The molecule has 2 aliphatic rings. The van der Waals surface area contributed by atoms with E-state index in [1.165, 1.54) is 0 Å². The topological polar surface area (TPSA) is 70.1 Å². The van der Waals surface area contributed by atoms with Crippen molar-refractivity contribution < 1.29 is 18.3 Å². The lowest BCUT2D eigenvalue weighted by atomic mass is 9.97. The van der Waals surface area contributed by atoms with Crippen LogP contribution in [0.25, 0.3) is 0 Å². The first-order valence-electron chi connectivity index (χ1n) is 8.99. The monoisotopic (exact) mass is 368 g/mol. The smallest absolute Gasteiger partial charge is 0.281 e. The highest BCUT2D eigenvalue weighted by molar-refractivity contribution is 7.86. The number of methoxy groups -OCH3 is 1. The summed E-state index contributed by atoms with van der Waals surface area (Å²) >= 11 is 0. The molecule has 0 radical (unpaired) electrons. The minimum atomic E-state index is -3.36. The highest BCUT2D eigenvalue weighted by atomic mass is 32.2. The van der Waals surface area contributed by atoms with Crippen LogP contribution in [0.2, 0.25) is 0 Å². The molecule has 2 saturated heterocycles. The fourth-order valence-electron chi connectivity index (χ4n) is 3.82. The van der Waals surface area contributed by atoms with Gasteiger partial charge in [-0.1, -0.05) is 24.3 Å². The summed E-state index contributed by atoms with van der Waals surface area (Å²) in [7, 11) is -1.67. The maximum absolute atomic E-state index is 12.9. The van der Waals surface area contributed by atoms with E-state index in [0.29, 0.717) is 32.1 Å². The van der Waals surface area contributed by atoms with Gasteiger partial charge in [-0.15, -0.1) is 0 Å². The maximum Gasteiger partial charge on any atom is 0.281 e. The second-order valence-corrected chi connectivity index (χ2v) is 8.97. The van der Waals surface area contributed by atoms with E-state index in [1.807, 2.05) is 24.3 Å². The normalized spacial score (nSPS) is 24.0. The van der Waals surface area contributed by atoms with Crippen molar-refractivity contribution in [3.63, 3.8) is 0 Å². The molecule has 1 aromatic carbocycles. The van der Waals surface area contributed by atoms with Gasteiger partial charge < -0.3 is 9.84 Å². The Bertz CT molecular complexity index is 671. The number of hydrogen-bond acceptors (Lipinski definition) is 4. The molecule has 0 amide bonds. The van der Waals surface area contributed by atoms with Crippen molar-refractivity contribution in [3.05, 3.63) is 35.4 Å².